The quantitative estimate of drug-likeness (QED) is 0.768. The normalized spacial score (nSPS) is 21.6. The standard InChI is InChI=1S/C16H17F2NO/c1-11-4-6-13(7-5-11)12(2)19-15-9-8-14(20-3)10-16(15,17)18/h4-10,15H,1-3H3. The summed E-state index contributed by atoms with van der Waals surface area (Å²) in [5, 5.41) is 0. The highest BCUT2D eigenvalue weighted by atomic mass is 19.3. The van der Waals surface area contributed by atoms with Gasteiger partial charge >= 0.3 is 0 Å². The Morgan fingerprint density at radius 1 is 1.25 bits per heavy atom. The third-order valence-corrected chi connectivity index (χ3v) is 3.21. The molecule has 0 saturated heterocycles. The highest BCUT2D eigenvalue weighted by Gasteiger charge is 2.38. The van der Waals surface area contributed by atoms with Crippen molar-refractivity contribution in [1.29, 1.82) is 0 Å². The minimum atomic E-state index is -3.04. The minimum Gasteiger partial charge on any atom is -0.497 e. The number of nitrogens with zero attached hydrogens (tertiary/aromatic N) is 1. The molecule has 0 aromatic heterocycles. The lowest BCUT2D eigenvalue weighted by atomic mass is 10.0. The summed E-state index contributed by atoms with van der Waals surface area (Å²) in [7, 11) is 1.37. The van der Waals surface area contributed by atoms with Crippen LogP contribution >= 0.6 is 0 Å². The zero-order valence-corrected chi connectivity index (χ0v) is 11.7. The van der Waals surface area contributed by atoms with Crippen molar-refractivity contribution in [3.63, 3.8) is 0 Å². The molecular formula is C16H17F2NO. The van der Waals surface area contributed by atoms with Gasteiger partial charge in [-0.2, -0.15) is 8.78 Å². The Hall–Kier alpha value is -1.97. The van der Waals surface area contributed by atoms with Gasteiger partial charge in [0.1, 0.15) is 11.8 Å². The number of hydrogen-bond donors (Lipinski definition) is 0. The summed E-state index contributed by atoms with van der Waals surface area (Å²) in [5.74, 6) is -2.87. The summed E-state index contributed by atoms with van der Waals surface area (Å²) in [4.78, 5) is 4.14. The number of allylic oxidation sites excluding steroid dienone is 1. The van der Waals surface area contributed by atoms with Gasteiger partial charge in [-0.25, -0.2) is 0 Å². The van der Waals surface area contributed by atoms with Crippen molar-refractivity contribution in [2.24, 2.45) is 4.99 Å². The van der Waals surface area contributed by atoms with Crippen LogP contribution in [0.4, 0.5) is 8.78 Å². The molecule has 0 amide bonds. The first-order valence-electron chi connectivity index (χ1n) is 6.36. The van der Waals surface area contributed by atoms with Crippen LogP contribution in [0.25, 0.3) is 0 Å². The molecule has 0 N–H and O–H groups in total. The number of benzene rings is 1. The Labute approximate surface area is 117 Å². The highest BCUT2D eigenvalue weighted by molar-refractivity contribution is 5.98. The number of alkyl halides is 2. The van der Waals surface area contributed by atoms with E-state index in [1.54, 1.807) is 6.92 Å². The molecule has 1 aliphatic carbocycles. The van der Waals surface area contributed by atoms with Crippen molar-refractivity contribution in [1.82, 2.24) is 0 Å². The van der Waals surface area contributed by atoms with E-state index in [9.17, 15) is 8.78 Å². The Kier molecular flexibility index (Phi) is 4.02. The van der Waals surface area contributed by atoms with E-state index < -0.39 is 12.0 Å². The average molecular weight is 277 g/mol. The van der Waals surface area contributed by atoms with Crippen LogP contribution in [-0.4, -0.2) is 24.8 Å². The molecule has 1 aromatic carbocycles. The molecule has 1 atom stereocenters. The molecule has 0 aliphatic heterocycles. The first-order valence-corrected chi connectivity index (χ1v) is 6.36. The Morgan fingerprint density at radius 2 is 1.90 bits per heavy atom. The minimum absolute atomic E-state index is 0.162. The van der Waals surface area contributed by atoms with E-state index in [1.807, 2.05) is 31.2 Å². The van der Waals surface area contributed by atoms with Crippen molar-refractivity contribution >= 4 is 5.71 Å². The summed E-state index contributed by atoms with van der Waals surface area (Å²) in [6.45, 7) is 3.72. The summed E-state index contributed by atoms with van der Waals surface area (Å²) in [5.41, 5.74) is 2.56. The first-order chi connectivity index (χ1) is 9.42. The van der Waals surface area contributed by atoms with E-state index in [1.165, 1.54) is 19.3 Å². The first kappa shape index (κ1) is 14.4. The van der Waals surface area contributed by atoms with E-state index >= 15 is 0 Å². The molecule has 1 unspecified atom stereocenters. The zero-order chi connectivity index (χ0) is 14.8. The molecule has 0 bridgehead atoms. The zero-order valence-electron chi connectivity index (χ0n) is 11.7. The van der Waals surface area contributed by atoms with Gasteiger partial charge in [-0.1, -0.05) is 35.9 Å². The topological polar surface area (TPSA) is 21.6 Å². The third-order valence-electron chi connectivity index (χ3n) is 3.21. The van der Waals surface area contributed by atoms with Gasteiger partial charge in [0.15, 0.2) is 0 Å². The van der Waals surface area contributed by atoms with Gasteiger partial charge in [0.25, 0.3) is 5.92 Å². The van der Waals surface area contributed by atoms with Crippen LogP contribution in [0.15, 0.2) is 53.2 Å². The SMILES string of the molecule is COC1=CC(F)(F)C(N=C(C)c2ccc(C)cc2)C=C1. The van der Waals surface area contributed by atoms with Crippen LogP contribution < -0.4 is 0 Å². The maximum Gasteiger partial charge on any atom is 0.295 e. The summed E-state index contributed by atoms with van der Waals surface area (Å²) in [6, 6.07) is 6.45. The molecule has 1 aromatic rings. The van der Waals surface area contributed by atoms with Gasteiger partial charge in [0.05, 0.1) is 7.11 Å². The smallest absolute Gasteiger partial charge is 0.295 e. The maximum atomic E-state index is 13.9. The number of aliphatic imine (C=N–C) groups is 1. The lowest BCUT2D eigenvalue weighted by molar-refractivity contribution is 0.0359. The van der Waals surface area contributed by atoms with Crippen LogP contribution in [0.3, 0.4) is 0 Å². The van der Waals surface area contributed by atoms with Crippen LogP contribution in [0.5, 0.6) is 0 Å². The van der Waals surface area contributed by atoms with E-state index in [0.717, 1.165) is 17.2 Å². The number of rotatable bonds is 3. The van der Waals surface area contributed by atoms with E-state index in [-0.39, 0.29) is 5.76 Å². The van der Waals surface area contributed by atoms with Crippen LogP contribution in [0.1, 0.15) is 18.1 Å². The number of aryl methyl sites for hydroxylation is 1. The van der Waals surface area contributed by atoms with E-state index in [0.29, 0.717) is 5.71 Å². The van der Waals surface area contributed by atoms with Crippen molar-refractivity contribution in [2.45, 2.75) is 25.8 Å². The number of halogens is 2. The van der Waals surface area contributed by atoms with Crippen LogP contribution in [0.2, 0.25) is 0 Å². The van der Waals surface area contributed by atoms with Gasteiger partial charge in [0, 0.05) is 11.8 Å². The lowest BCUT2D eigenvalue weighted by Crippen LogP contribution is -2.31. The maximum absolute atomic E-state index is 13.9. The fourth-order valence-electron chi connectivity index (χ4n) is 1.97. The Balaban J connectivity index is 2.25. The molecule has 1 aliphatic rings. The predicted octanol–water partition coefficient (Wildman–Crippen LogP) is 3.91. The number of methoxy groups -OCH3 is 1. The van der Waals surface area contributed by atoms with Crippen LogP contribution in [-0.2, 0) is 4.74 Å². The average Bonchev–Trinajstić information content (AvgIpc) is 2.41. The van der Waals surface area contributed by atoms with Crippen molar-refractivity contribution in [2.75, 3.05) is 7.11 Å². The second-order valence-electron chi connectivity index (χ2n) is 4.81. The predicted molar refractivity (Wildman–Crippen MR) is 76.4 cm³/mol. The third kappa shape index (κ3) is 3.13. The molecule has 2 nitrogen and oxygen atoms in total. The summed E-state index contributed by atoms with van der Waals surface area (Å²) < 4.78 is 32.7. The lowest BCUT2D eigenvalue weighted by Gasteiger charge is -2.23. The second-order valence-corrected chi connectivity index (χ2v) is 4.81. The molecule has 0 saturated carbocycles. The fraction of sp³-hybridized carbons (Fsp3) is 0.312. The number of ether oxygens (including phenoxy) is 1. The molecule has 0 fully saturated rings. The molecular weight excluding hydrogens is 260 g/mol. The molecule has 0 radical (unpaired) electrons. The molecule has 106 valence electrons. The Morgan fingerprint density at radius 3 is 2.45 bits per heavy atom. The molecule has 0 spiro atoms. The van der Waals surface area contributed by atoms with Gasteiger partial charge in [-0.15, -0.1) is 0 Å². The van der Waals surface area contributed by atoms with Crippen molar-refractivity contribution in [3.8, 4) is 0 Å². The van der Waals surface area contributed by atoms with Gasteiger partial charge in [0.2, 0.25) is 0 Å². The second kappa shape index (κ2) is 5.57. The van der Waals surface area contributed by atoms with Gasteiger partial charge < -0.3 is 4.74 Å². The highest BCUT2D eigenvalue weighted by Crippen LogP contribution is 2.30. The summed E-state index contributed by atoms with van der Waals surface area (Å²) >= 11 is 0. The van der Waals surface area contributed by atoms with E-state index in [2.05, 4.69) is 4.99 Å². The number of hydrogen-bond acceptors (Lipinski definition) is 2. The van der Waals surface area contributed by atoms with Crippen molar-refractivity contribution < 1.29 is 13.5 Å². The van der Waals surface area contributed by atoms with Gasteiger partial charge in [-0.3, -0.25) is 4.99 Å². The molecule has 20 heavy (non-hydrogen) atoms. The fourth-order valence-corrected chi connectivity index (χ4v) is 1.97. The van der Waals surface area contributed by atoms with E-state index in [4.69, 9.17) is 4.74 Å². The molecule has 2 rings (SSSR count). The van der Waals surface area contributed by atoms with Gasteiger partial charge in [-0.05, 0) is 25.5 Å². The molecule has 0 heterocycles. The monoisotopic (exact) mass is 277 g/mol. The Bertz CT molecular complexity index is 571. The molecule has 4 heteroatoms. The van der Waals surface area contributed by atoms with Crippen molar-refractivity contribution in [3.05, 3.63) is 59.4 Å². The van der Waals surface area contributed by atoms with Crippen LogP contribution in [0, 0.1) is 6.92 Å². The largest absolute Gasteiger partial charge is 0.497 e. The summed E-state index contributed by atoms with van der Waals surface area (Å²) in [6.07, 6.45) is 3.70.